The van der Waals surface area contributed by atoms with E-state index in [9.17, 15) is 32.3 Å². The van der Waals surface area contributed by atoms with Gasteiger partial charge in [-0.1, -0.05) is 38.4 Å². The Morgan fingerprint density at radius 2 is 1.34 bits per heavy atom. The van der Waals surface area contributed by atoms with E-state index in [1.807, 2.05) is 48.5 Å². The Hall–Kier alpha value is -3.88. The van der Waals surface area contributed by atoms with Gasteiger partial charge in [-0.05, 0) is 126 Å². The molecule has 0 aromatic heterocycles. The van der Waals surface area contributed by atoms with Crippen LogP contribution in [0.4, 0.5) is 13.2 Å². The molecule has 0 radical (unpaired) electrons. The number of alkyl halides is 2. The Labute approximate surface area is 352 Å². The van der Waals surface area contributed by atoms with E-state index in [0.717, 1.165) is 58.3 Å². The number of benzene rings is 2. The predicted molar refractivity (Wildman–Crippen MR) is 222 cm³/mol. The fraction of sp³-hybridized carbons (Fsp3) is 0.636. The zero-order valence-electron chi connectivity index (χ0n) is 35.8. The summed E-state index contributed by atoms with van der Waals surface area (Å²) in [5.41, 5.74) is 0.468. The average Bonchev–Trinajstić information content (AvgIpc) is 3.07. The Morgan fingerprint density at radius 3 is 1.83 bits per heavy atom. The number of nitrogens with one attached hydrogen (secondary N) is 3. The fourth-order valence-electron chi connectivity index (χ4n) is 8.60. The monoisotopic (exact) mass is 849 g/mol. The van der Waals surface area contributed by atoms with Crippen LogP contribution in [0, 0.1) is 28.5 Å². The molecular formula is C44H63ClF3N5O6. The summed E-state index contributed by atoms with van der Waals surface area (Å²) in [7, 11) is 0. The maximum Gasteiger partial charge on any atom is 0.387 e. The lowest BCUT2D eigenvalue weighted by atomic mass is 9.57. The molecule has 59 heavy (non-hydrogen) atoms. The highest BCUT2D eigenvalue weighted by Gasteiger charge is 2.53. The molecular weight excluding hydrogens is 787 g/mol. The fourth-order valence-corrected chi connectivity index (χ4v) is 8.83. The molecule has 0 unspecified atom stereocenters. The first kappa shape index (κ1) is 47.8. The summed E-state index contributed by atoms with van der Waals surface area (Å²) in [6.45, 7) is 18.3. The lowest BCUT2D eigenvalue weighted by Gasteiger charge is -2.59. The van der Waals surface area contributed by atoms with Gasteiger partial charge in [0, 0.05) is 61.0 Å². The molecule has 11 nitrogen and oxygen atoms in total. The van der Waals surface area contributed by atoms with Crippen molar-refractivity contribution in [2.75, 3.05) is 52.4 Å². The van der Waals surface area contributed by atoms with Crippen molar-refractivity contribution in [1.29, 1.82) is 0 Å². The number of rotatable bonds is 14. The Balaban J connectivity index is 0.000000251. The van der Waals surface area contributed by atoms with E-state index in [2.05, 4.69) is 37.4 Å². The molecule has 2 aliphatic heterocycles. The zero-order valence-corrected chi connectivity index (χ0v) is 36.6. The smallest absolute Gasteiger partial charge is 0.387 e. The number of likely N-dealkylation sites (tertiary alicyclic amines) is 2. The lowest BCUT2D eigenvalue weighted by Crippen LogP contribution is -2.65. The summed E-state index contributed by atoms with van der Waals surface area (Å²) in [6.07, 6.45) is 5.00. The Bertz CT molecular complexity index is 1740. The van der Waals surface area contributed by atoms with E-state index in [-0.39, 0.29) is 56.4 Å². The summed E-state index contributed by atoms with van der Waals surface area (Å²) < 4.78 is 47.6. The van der Waals surface area contributed by atoms with Crippen molar-refractivity contribution in [1.82, 2.24) is 25.8 Å². The molecule has 15 heteroatoms. The molecule has 6 rings (SSSR count). The first-order valence-electron chi connectivity index (χ1n) is 20.7. The van der Waals surface area contributed by atoms with Crippen LogP contribution in [-0.2, 0) is 14.3 Å². The zero-order chi connectivity index (χ0) is 43.8. The number of hydrogen-bond acceptors (Lipinski definition) is 8. The van der Waals surface area contributed by atoms with Gasteiger partial charge in [0.25, 0.3) is 11.8 Å². The summed E-state index contributed by atoms with van der Waals surface area (Å²) in [4.78, 5) is 52.7. The SMILES string of the molecule is CC.CC(C)(C)OC(=O)CN1CC2(CC(CNC(=O)c3cc(F)cc(Cl)c3)C2)C1.CCC(C)(C)NC(=O)CN1CC2(CC(CNC(=O)c3cccc(OC(F)F)c3)C2)C1. The first-order valence-corrected chi connectivity index (χ1v) is 21.1. The van der Waals surface area contributed by atoms with Crippen LogP contribution in [0.15, 0.2) is 42.5 Å². The van der Waals surface area contributed by atoms with Crippen LogP contribution in [-0.4, -0.2) is 104 Å². The van der Waals surface area contributed by atoms with E-state index >= 15 is 0 Å². The van der Waals surface area contributed by atoms with Gasteiger partial charge in [0.2, 0.25) is 5.91 Å². The number of hydrogen-bond donors (Lipinski definition) is 3. The standard InChI is InChI=1S/C22H31F2N3O3.C20H26ClFN2O3.C2H6/c1-4-21(2,3)26-18(28)12-27-13-22(14-27)9-15(10-22)11-25-19(29)16-6-5-7-17(8-16)30-20(23)24;1-19(2,3)27-17(25)10-24-11-20(12-24)7-13(8-20)9-23-18(26)14-4-15(21)6-16(22)5-14;1-2/h5-8,15,20H,4,9-14H2,1-3H3,(H,25,29)(H,26,28);4-6,13H,7-12H2,1-3H3,(H,23,26);1-2H3. The third-order valence-electron chi connectivity index (χ3n) is 11.2. The van der Waals surface area contributed by atoms with Crippen molar-refractivity contribution in [3.8, 4) is 5.75 Å². The second kappa shape index (κ2) is 20.1. The number of nitrogens with zero attached hydrogens (tertiary/aromatic N) is 2. The van der Waals surface area contributed by atoms with Gasteiger partial charge < -0.3 is 25.4 Å². The van der Waals surface area contributed by atoms with E-state index in [1.165, 1.54) is 36.4 Å². The minimum atomic E-state index is -2.92. The molecule has 3 N–H and O–H groups in total. The van der Waals surface area contributed by atoms with Gasteiger partial charge in [-0.3, -0.25) is 29.0 Å². The summed E-state index contributed by atoms with van der Waals surface area (Å²) >= 11 is 5.79. The summed E-state index contributed by atoms with van der Waals surface area (Å²) in [6, 6.07) is 9.62. The predicted octanol–water partition coefficient (Wildman–Crippen LogP) is 7.32. The van der Waals surface area contributed by atoms with E-state index in [4.69, 9.17) is 16.3 Å². The highest BCUT2D eigenvalue weighted by molar-refractivity contribution is 6.31. The molecule has 328 valence electrons. The van der Waals surface area contributed by atoms with Crippen molar-refractivity contribution in [3.63, 3.8) is 0 Å². The minimum absolute atomic E-state index is 0.0267. The topological polar surface area (TPSA) is 129 Å². The van der Waals surface area contributed by atoms with Crippen LogP contribution >= 0.6 is 11.6 Å². The number of carbonyl (C=O) groups excluding carboxylic acids is 4. The Morgan fingerprint density at radius 1 is 0.814 bits per heavy atom. The van der Waals surface area contributed by atoms with Crippen molar-refractivity contribution >= 4 is 35.3 Å². The van der Waals surface area contributed by atoms with Crippen molar-refractivity contribution in [3.05, 3.63) is 64.4 Å². The molecule has 4 aliphatic rings. The largest absolute Gasteiger partial charge is 0.459 e. The van der Waals surface area contributed by atoms with Crippen LogP contribution in [0.25, 0.3) is 0 Å². The van der Waals surface area contributed by atoms with Crippen LogP contribution in [0.2, 0.25) is 5.02 Å². The van der Waals surface area contributed by atoms with Gasteiger partial charge in [0.15, 0.2) is 0 Å². The molecule has 2 spiro atoms. The van der Waals surface area contributed by atoms with E-state index in [1.54, 1.807) is 6.07 Å². The molecule has 0 bridgehead atoms. The molecule has 2 aromatic rings. The van der Waals surface area contributed by atoms with Crippen molar-refractivity contribution in [2.45, 2.75) is 105 Å². The molecule has 2 saturated carbocycles. The van der Waals surface area contributed by atoms with E-state index < -0.39 is 18.0 Å². The minimum Gasteiger partial charge on any atom is -0.459 e. The molecule has 0 atom stereocenters. The number of halogens is 4. The van der Waals surface area contributed by atoms with Gasteiger partial charge in [0.05, 0.1) is 13.1 Å². The van der Waals surface area contributed by atoms with Crippen LogP contribution < -0.4 is 20.7 Å². The Kier molecular flexibility index (Phi) is 16.3. The number of carbonyl (C=O) groups is 4. The highest BCUT2D eigenvalue weighted by Crippen LogP contribution is 2.52. The molecule has 3 amide bonds. The lowest BCUT2D eigenvalue weighted by molar-refractivity contribution is -0.163. The van der Waals surface area contributed by atoms with Crippen LogP contribution in [0.1, 0.15) is 108 Å². The average molecular weight is 850 g/mol. The quantitative estimate of drug-likeness (QED) is 0.169. The maximum absolute atomic E-state index is 13.3. The van der Waals surface area contributed by atoms with Gasteiger partial charge in [0.1, 0.15) is 17.2 Å². The first-order chi connectivity index (χ1) is 27.6. The maximum atomic E-state index is 13.3. The molecule has 4 fully saturated rings. The van der Waals surface area contributed by atoms with Gasteiger partial charge in [-0.2, -0.15) is 8.78 Å². The van der Waals surface area contributed by atoms with Crippen LogP contribution in [0.5, 0.6) is 5.75 Å². The molecule has 2 aromatic carbocycles. The number of amides is 3. The van der Waals surface area contributed by atoms with E-state index in [0.29, 0.717) is 43.6 Å². The highest BCUT2D eigenvalue weighted by atomic mass is 35.5. The van der Waals surface area contributed by atoms with Gasteiger partial charge in [-0.15, -0.1) is 0 Å². The third kappa shape index (κ3) is 14.4. The summed E-state index contributed by atoms with van der Waals surface area (Å²) in [5, 5.41) is 9.01. The molecule has 2 aliphatic carbocycles. The van der Waals surface area contributed by atoms with Crippen LogP contribution in [0.3, 0.4) is 0 Å². The molecule has 2 heterocycles. The second-order valence-corrected chi connectivity index (χ2v) is 18.6. The normalized spacial score (nSPS) is 18.4. The van der Waals surface area contributed by atoms with Crippen molar-refractivity contribution < 1.29 is 41.8 Å². The van der Waals surface area contributed by atoms with Gasteiger partial charge in [-0.25, -0.2) is 4.39 Å². The van der Waals surface area contributed by atoms with Gasteiger partial charge >= 0.3 is 12.6 Å². The number of ether oxygens (including phenoxy) is 2. The second-order valence-electron chi connectivity index (χ2n) is 18.2. The van der Waals surface area contributed by atoms with Crippen molar-refractivity contribution in [2.24, 2.45) is 22.7 Å². The molecule has 2 saturated heterocycles. The third-order valence-corrected chi connectivity index (χ3v) is 11.4. The summed E-state index contributed by atoms with van der Waals surface area (Å²) in [5.74, 6) is -0.437. The number of esters is 1.